The number of carbonyl (C=O) groups excluding carboxylic acids is 1. The van der Waals surface area contributed by atoms with Gasteiger partial charge in [0.1, 0.15) is 0 Å². The predicted molar refractivity (Wildman–Crippen MR) is 102 cm³/mol. The van der Waals surface area contributed by atoms with Gasteiger partial charge >= 0.3 is 0 Å². The van der Waals surface area contributed by atoms with Gasteiger partial charge in [0.25, 0.3) is 5.91 Å². The van der Waals surface area contributed by atoms with Crippen molar-refractivity contribution in [3.63, 3.8) is 0 Å². The molecular formula is C19H19N3OS. The first kappa shape index (κ1) is 16.3. The Bertz CT molecular complexity index is 821. The Morgan fingerprint density at radius 2 is 1.79 bits per heavy atom. The van der Waals surface area contributed by atoms with Crippen molar-refractivity contribution in [1.29, 1.82) is 0 Å². The van der Waals surface area contributed by atoms with Crippen molar-refractivity contribution >= 4 is 39.8 Å². The summed E-state index contributed by atoms with van der Waals surface area (Å²) >= 11 is 1.37. The number of rotatable bonds is 3. The van der Waals surface area contributed by atoms with E-state index < -0.39 is 0 Å². The maximum atomic E-state index is 12.3. The molecule has 4 nitrogen and oxygen atoms in total. The highest BCUT2D eigenvalue weighted by Gasteiger charge is 2.26. The van der Waals surface area contributed by atoms with Crippen molar-refractivity contribution in [2.75, 3.05) is 5.73 Å². The molecule has 0 atom stereocenters. The Morgan fingerprint density at radius 1 is 1.12 bits per heavy atom. The maximum absolute atomic E-state index is 12.3. The Morgan fingerprint density at radius 3 is 2.42 bits per heavy atom. The Hall–Kier alpha value is -2.53. The lowest BCUT2D eigenvalue weighted by Gasteiger charge is -2.04. The molecule has 0 radical (unpaired) electrons. The SMILES string of the molecule is CCc1ccc(N=C2NC(=O)/C(=C(\C)c3ccc(N)cc3)S2)cc1. The molecule has 3 N–H and O–H groups in total. The number of aliphatic imine (C=N–C) groups is 1. The molecule has 0 aromatic heterocycles. The van der Waals surface area contributed by atoms with Crippen molar-refractivity contribution in [3.05, 3.63) is 64.6 Å². The van der Waals surface area contributed by atoms with E-state index in [2.05, 4.69) is 29.4 Å². The molecule has 3 rings (SSSR count). The van der Waals surface area contributed by atoms with Crippen molar-refractivity contribution in [1.82, 2.24) is 5.32 Å². The lowest BCUT2D eigenvalue weighted by atomic mass is 10.1. The first-order valence-electron chi connectivity index (χ1n) is 7.80. The average molecular weight is 337 g/mol. The lowest BCUT2D eigenvalue weighted by Crippen LogP contribution is -2.19. The van der Waals surface area contributed by atoms with Gasteiger partial charge in [0.05, 0.1) is 10.6 Å². The molecule has 2 aromatic rings. The quantitative estimate of drug-likeness (QED) is 0.654. The topological polar surface area (TPSA) is 67.5 Å². The zero-order valence-corrected chi connectivity index (χ0v) is 14.5. The summed E-state index contributed by atoms with van der Waals surface area (Å²) in [6.07, 6.45) is 0.996. The van der Waals surface area contributed by atoms with Gasteiger partial charge in [-0.2, -0.15) is 0 Å². The summed E-state index contributed by atoms with van der Waals surface area (Å²) in [4.78, 5) is 17.4. The minimum atomic E-state index is -0.113. The Labute approximate surface area is 145 Å². The van der Waals surface area contributed by atoms with Crippen LogP contribution in [0.2, 0.25) is 0 Å². The molecule has 1 heterocycles. The van der Waals surface area contributed by atoms with Gasteiger partial charge in [-0.05, 0) is 66.1 Å². The van der Waals surface area contributed by atoms with E-state index >= 15 is 0 Å². The number of carbonyl (C=O) groups is 1. The van der Waals surface area contributed by atoms with Crippen molar-refractivity contribution in [2.24, 2.45) is 4.99 Å². The van der Waals surface area contributed by atoms with Crippen LogP contribution in [0, 0.1) is 0 Å². The summed E-state index contributed by atoms with van der Waals surface area (Å²) in [6.45, 7) is 4.05. The average Bonchev–Trinajstić information content (AvgIpc) is 2.96. The van der Waals surface area contributed by atoms with Gasteiger partial charge in [0.15, 0.2) is 5.17 Å². The molecule has 0 saturated carbocycles. The second-order valence-corrected chi connectivity index (χ2v) is 6.57. The number of hydrogen-bond acceptors (Lipinski definition) is 4. The standard InChI is InChI=1S/C19H19N3OS/c1-3-13-4-10-16(11-5-13)21-19-22-18(23)17(24-19)12(2)14-6-8-15(20)9-7-14/h4-11H,3,20H2,1-2H3,(H,21,22,23)/b17-12-. The lowest BCUT2D eigenvalue weighted by molar-refractivity contribution is -0.115. The second-order valence-electron chi connectivity index (χ2n) is 5.57. The third-order valence-electron chi connectivity index (χ3n) is 3.88. The van der Waals surface area contributed by atoms with E-state index in [1.807, 2.05) is 43.3 Å². The summed E-state index contributed by atoms with van der Waals surface area (Å²) in [5.41, 5.74) is 10.4. The number of anilines is 1. The van der Waals surface area contributed by atoms with E-state index in [9.17, 15) is 4.79 Å². The van der Waals surface area contributed by atoms with Crippen LogP contribution < -0.4 is 11.1 Å². The number of aryl methyl sites for hydroxylation is 1. The summed E-state index contributed by atoms with van der Waals surface area (Å²) in [5, 5.41) is 3.44. The van der Waals surface area contributed by atoms with Crippen LogP contribution >= 0.6 is 11.8 Å². The second kappa shape index (κ2) is 6.93. The molecule has 2 aromatic carbocycles. The van der Waals surface area contributed by atoms with Gasteiger partial charge < -0.3 is 11.1 Å². The first-order valence-corrected chi connectivity index (χ1v) is 8.62. The van der Waals surface area contributed by atoms with E-state index in [-0.39, 0.29) is 5.91 Å². The maximum Gasteiger partial charge on any atom is 0.264 e. The minimum absolute atomic E-state index is 0.113. The molecule has 5 heteroatoms. The van der Waals surface area contributed by atoms with Gasteiger partial charge in [-0.3, -0.25) is 4.79 Å². The monoisotopic (exact) mass is 337 g/mol. The minimum Gasteiger partial charge on any atom is -0.399 e. The fourth-order valence-corrected chi connectivity index (χ4v) is 3.31. The molecule has 0 unspecified atom stereocenters. The number of amidine groups is 1. The van der Waals surface area contributed by atoms with Crippen LogP contribution in [0.3, 0.4) is 0 Å². The summed E-state index contributed by atoms with van der Waals surface area (Å²) in [7, 11) is 0. The van der Waals surface area contributed by atoms with E-state index in [1.54, 1.807) is 0 Å². The molecular weight excluding hydrogens is 318 g/mol. The van der Waals surface area contributed by atoms with Crippen LogP contribution in [-0.2, 0) is 11.2 Å². The van der Waals surface area contributed by atoms with Gasteiger partial charge in [0, 0.05) is 5.69 Å². The highest BCUT2D eigenvalue weighted by atomic mass is 32.2. The van der Waals surface area contributed by atoms with Gasteiger partial charge in [-0.15, -0.1) is 0 Å². The molecule has 1 amide bonds. The van der Waals surface area contributed by atoms with Gasteiger partial charge in [0.2, 0.25) is 0 Å². The van der Waals surface area contributed by atoms with Crippen LogP contribution in [0.5, 0.6) is 0 Å². The molecule has 1 saturated heterocycles. The van der Waals surface area contributed by atoms with E-state index in [0.29, 0.717) is 15.8 Å². The van der Waals surface area contributed by atoms with Crippen molar-refractivity contribution in [2.45, 2.75) is 20.3 Å². The Balaban J connectivity index is 1.85. The number of amides is 1. The number of nitrogen functional groups attached to an aromatic ring is 1. The predicted octanol–water partition coefficient (Wildman–Crippen LogP) is 4.11. The van der Waals surface area contributed by atoms with Crippen LogP contribution in [0.4, 0.5) is 11.4 Å². The van der Waals surface area contributed by atoms with Crippen LogP contribution in [0.1, 0.15) is 25.0 Å². The molecule has 122 valence electrons. The Kier molecular flexibility index (Phi) is 4.71. The highest BCUT2D eigenvalue weighted by molar-refractivity contribution is 8.18. The molecule has 1 aliphatic heterocycles. The van der Waals surface area contributed by atoms with E-state index in [1.165, 1.54) is 17.3 Å². The molecule has 24 heavy (non-hydrogen) atoms. The van der Waals surface area contributed by atoms with Crippen LogP contribution in [0.25, 0.3) is 5.57 Å². The number of allylic oxidation sites excluding steroid dienone is 1. The zero-order chi connectivity index (χ0) is 17.1. The smallest absolute Gasteiger partial charge is 0.264 e. The molecule has 0 spiro atoms. The van der Waals surface area contributed by atoms with Crippen LogP contribution in [-0.4, -0.2) is 11.1 Å². The van der Waals surface area contributed by atoms with Crippen LogP contribution in [0.15, 0.2) is 58.4 Å². The third kappa shape index (κ3) is 3.51. The summed E-state index contributed by atoms with van der Waals surface area (Å²) < 4.78 is 0. The number of thioether (sulfide) groups is 1. The molecule has 0 bridgehead atoms. The zero-order valence-electron chi connectivity index (χ0n) is 13.7. The third-order valence-corrected chi connectivity index (χ3v) is 4.97. The fraction of sp³-hybridized carbons (Fsp3) is 0.158. The number of hydrogen-bond donors (Lipinski definition) is 2. The number of benzene rings is 2. The summed E-state index contributed by atoms with van der Waals surface area (Å²) in [5.74, 6) is -0.113. The van der Waals surface area contributed by atoms with Gasteiger partial charge in [-0.1, -0.05) is 31.2 Å². The molecule has 1 aliphatic rings. The largest absolute Gasteiger partial charge is 0.399 e. The number of nitrogens with one attached hydrogen (secondary N) is 1. The van der Waals surface area contributed by atoms with Crippen molar-refractivity contribution in [3.8, 4) is 0 Å². The highest BCUT2D eigenvalue weighted by Crippen LogP contribution is 2.33. The van der Waals surface area contributed by atoms with E-state index in [0.717, 1.165) is 23.2 Å². The van der Waals surface area contributed by atoms with Crippen molar-refractivity contribution < 1.29 is 4.79 Å². The molecule has 1 fully saturated rings. The number of nitrogens with two attached hydrogens (primary N) is 1. The first-order chi connectivity index (χ1) is 11.6. The fourth-order valence-electron chi connectivity index (χ4n) is 2.41. The number of nitrogens with zero attached hydrogens (tertiary/aromatic N) is 1. The normalized spacial score (nSPS) is 17.9. The van der Waals surface area contributed by atoms with Gasteiger partial charge in [-0.25, -0.2) is 4.99 Å². The van der Waals surface area contributed by atoms with E-state index in [4.69, 9.17) is 5.73 Å². The summed E-state index contributed by atoms with van der Waals surface area (Å²) in [6, 6.07) is 15.5. The molecule has 0 aliphatic carbocycles.